The number of nitrogens with zero attached hydrogens (tertiary/aromatic N) is 1. The molecule has 4 N–H and O–H groups in total. The predicted molar refractivity (Wildman–Crippen MR) is 77.2 cm³/mol. The zero-order valence-electron chi connectivity index (χ0n) is 12.4. The highest BCUT2D eigenvalue weighted by Crippen LogP contribution is 2.26. The van der Waals surface area contributed by atoms with Gasteiger partial charge in [0.15, 0.2) is 5.82 Å². The topological polar surface area (TPSA) is 110 Å². The molecule has 0 heterocycles. The summed E-state index contributed by atoms with van der Waals surface area (Å²) in [7, 11) is 0. The Morgan fingerprint density at radius 1 is 1.43 bits per heavy atom. The first-order valence-electron chi connectivity index (χ1n) is 6.33. The number of nitrogen functional groups attached to an aromatic ring is 1. The van der Waals surface area contributed by atoms with Gasteiger partial charge in [0.1, 0.15) is 5.56 Å². The number of benzene rings is 1. The van der Waals surface area contributed by atoms with Gasteiger partial charge >= 0.3 is 0 Å². The molecular formula is C13H19FN4O3. The van der Waals surface area contributed by atoms with Crippen LogP contribution in [-0.2, 0) is 0 Å². The molecule has 0 fully saturated rings. The average Bonchev–Trinajstić information content (AvgIpc) is 2.36. The summed E-state index contributed by atoms with van der Waals surface area (Å²) in [6, 6.07) is 1.47. The molecule has 8 heteroatoms. The van der Waals surface area contributed by atoms with Crippen molar-refractivity contribution in [2.45, 2.75) is 33.7 Å². The number of hydrogen-bond donors (Lipinski definition) is 3. The second-order valence-electron chi connectivity index (χ2n) is 5.81. The van der Waals surface area contributed by atoms with Gasteiger partial charge in [-0.3, -0.25) is 20.8 Å². The lowest BCUT2D eigenvalue weighted by molar-refractivity contribution is -0.385. The molecule has 1 unspecified atom stereocenters. The number of nitro groups is 1. The van der Waals surface area contributed by atoms with Gasteiger partial charge in [-0.1, -0.05) is 20.8 Å². The number of hydrogen-bond acceptors (Lipinski definition) is 5. The Labute approximate surface area is 121 Å². The fourth-order valence-corrected chi connectivity index (χ4v) is 1.50. The maximum absolute atomic E-state index is 13.5. The van der Waals surface area contributed by atoms with Crippen LogP contribution < -0.4 is 16.6 Å². The summed E-state index contributed by atoms with van der Waals surface area (Å²) in [4.78, 5) is 22.4. The lowest BCUT2D eigenvalue weighted by Gasteiger charge is -2.28. The molecule has 0 aromatic heterocycles. The van der Waals surface area contributed by atoms with E-state index in [1.807, 2.05) is 20.8 Å². The van der Waals surface area contributed by atoms with Gasteiger partial charge in [0.25, 0.3) is 11.6 Å². The van der Waals surface area contributed by atoms with E-state index in [4.69, 9.17) is 5.84 Å². The minimum atomic E-state index is -0.899. The van der Waals surface area contributed by atoms with E-state index in [-0.39, 0.29) is 22.7 Å². The van der Waals surface area contributed by atoms with Crippen LogP contribution in [0.1, 0.15) is 38.1 Å². The summed E-state index contributed by atoms with van der Waals surface area (Å²) >= 11 is 0. The Kier molecular flexibility index (Phi) is 4.84. The van der Waals surface area contributed by atoms with Gasteiger partial charge in [0.05, 0.1) is 16.7 Å². The first-order chi connectivity index (χ1) is 9.57. The highest BCUT2D eigenvalue weighted by molar-refractivity contribution is 5.99. The number of carbonyl (C=O) groups is 1. The van der Waals surface area contributed by atoms with Crippen LogP contribution in [0.25, 0.3) is 0 Å². The quantitative estimate of drug-likeness (QED) is 0.448. The van der Waals surface area contributed by atoms with Crippen molar-refractivity contribution in [2.24, 2.45) is 11.3 Å². The van der Waals surface area contributed by atoms with Gasteiger partial charge in [-0.25, -0.2) is 4.39 Å². The zero-order chi connectivity index (χ0) is 16.4. The van der Waals surface area contributed by atoms with Crippen molar-refractivity contribution in [1.29, 1.82) is 0 Å². The molecule has 0 aliphatic heterocycles. The van der Waals surface area contributed by atoms with Gasteiger partial charge < -0.3 is 10.7 Å². The summed E-state index contributed by atoms with van der Waals surface area (Å²) in [5.74, 6) is 3.57. The van der Waals surface area contributed by atoms with Crippen LogP contribution >= 0.6 is 0 Å². The molecule has 0 aliphatic rings. The van der Waals surface area contributed by atoms with E-state index in [0.717, 1.165) is 6.07 Å². The number of carbonyl (C=O) groups excluding carboxylic acids is 1. The standard InChI is InChI=1S/C13H19FN4O3/c1-7(13(2,3)4)16-12(19)8-5-10(17-15)9(14)6-11(8)18(20)21/h5-7,17H,15H2,1-4H3,(H,16,19). The highest BCUT2D eigenvalue weighted by Gasteiger charge is 2.27. The number of nitro benzene ring substituents is 1. The molecule has 0 saturated carbocycles. The Morgan fingerprint density at radius 3 is 2.43 bits per heavy atom. The van der Waals surface area contributed by atoms with Crippen LogP contribution in [0.2, 0.25) is 0 Å². The van der Waals surface area contributed by atoms with E-state index < -0.39 is 22.3 Å². The SMILES string of the molecule is CC(NC(=O)c1cc(NN)c(F)cc1[N+](=O)[O-])C(C)(C)C. The Morgan fingerprint density at radius 2 is 2.00 bits per heavy atom. The Balaban J connectivity index is 3.21. The van der Waals surface area contributed by atoms with Crippen molar-refractivity contribution in [3.8, 4) is 0 Å². The number of rotatable bonds is 4. The third-order valence-corrected chi connectivity index (χ3v) is 3.33. The summed E-state index contributed by atoms with van der Waals surface area (Å²) in [5, 5.41) is 13.6. The maximum atomic E-state index is 13.5. The first kappa shape index (κ1) is 16.8. The first-order valence-corrected chi connectivity index (χ1v) is 6.33. The number of halogens is 1. The minimum absolute atomic E-state index is 0.186. The molecule has 1 rings (SSSR count). The molecule has 1 aromatic carbocycles. The number of anilines is 1. The minimum Gasteiger partial charge on any atom is -0.349 e. The van der Waals surface area contributed by atoms with Gasteiger partial charge in [-0.15, -0.1) is 0 Å². The van der Waals surface area contributed by atoms with Crippen LogP contribution in [0.5, 0.6) is 0 Å². The third kappa shape index (κ3) is 3.88. The van der Waals surface area contributed by atoms with E-state index in [2.05, 4.69) is 10.7 Å². The van der Waals surface area contributed by atoms with Crippen molar-refractivity contribution < 1.29 is 14.1 Å². The van der Waals surface area contributed by atoms with Crippen molar-refractivity contribution in [1.82, 2.24) is 5.32 Å². The Hall–Kier alpha value is -2.22. The van der Waals surface area contributed by atoms with Crippen LogP contribution in [0.4, 0.5) is 15.8 Å². The van der Waals surface area contributed by atoms with E-state index in [1.165, 1.54) is 0 Å². The van der Waals surface area contributed by atoms with E-state index >= 15 is 0 Å². The number of nitrogens with two attached hydrogens (primary N) is 1. The number of amides is 1. The normalized spacial score (nSPS) is 12.7. The smallest absolute Gasteiger partial charge is 0.285 e. The summed E-state index contributed by atoms with van der Waals surface area (Å²) in [5.41, 5.74) is 0.803. The van der Waals surface area contributed by atoms with Gasteiger partial charge in [-0.05, 0) is 18.4 Å². The molecule has 0 saturated heterocycles. The highest BCUT2D eigenvalue weighted by atomic mass is 19.1. The van der Waals surface area contributed by atoms with Crippen molar-refractivity contribution in [3.05, 3.63) is 33.6 Å². The molecule has 0 aliphatic carbocycles. The van der Waals surface area contributed by atoms with E-state index in [0.29, 0.717) is 6.07 Å². The molecule has 0 spiro atoms. The van der Waals surface area contributed by atoms with E-state index in [9.17, 15) is 19.3 Å². The van der Waals surface area contributed by atoms with Gasteiger partial charge in [0.2, 0.25) is 0 Å². The molecule has 1 atom stereocenters. The van der Waals surface area contributed by atoms with Crippen LogP contribution in [0.15, 0.2) is 12.1 Å². The van der Waals surface area contributed by atoms with E-state index in [1.54, 1.807) is 6.92 Å². The monoisotopic (exact) mass is 298 g/mol. The van der Waals surface area contributed by atoms with Crippen LogP contribution in [0.3, 0.4) is 0 Å². The fraction of sp³-hybridized carbons (Fsp3) is 0.462. The zero-order valence-corrected chi connectivity index (χ0v) is 12.4. The molecule has 0 radical (unpaired) electrons. The van der Waals surface area contributed by atoms with Crippen LogP contribution in [0, 0.1) is 21.3 Å². The molecule has 7 nitrogen and oxygen atoms in total. The van der Waals surface area contributed by atoms with Gasteiger partial charge in [0, 0.05) is 6.04 Å². The Bertz CT molecular complexity index is 569. The van der Waals surface area contributed by atoms with Gasteiger partial charge in [-0.2, -0.15) is 0 Å². The number of hydrazine groups is 1. The van der Waals surface area contributed by atoms with Crippen molar-refractivity contribution in [3.63, 3.8) is 0 Å². The largest absolute Gasteiger partial charge is 0.349 e. The molecule has 21 heavy (non-hydrogen) atoms. The summed E-state index contributed by atoms with van der Waals surface area (Å²) in [6.45, 7) is 7.55. The maximum Gasteiger partial charge on any atom is 0.285 e. The molecular weight excluding hydrogens is 279 g/mol. The van der Waals surface area contributed by atoms with Crippen molar-refractivity contribution in [2.75, 3.05) is 5.43 Å². The van der Waals surface area contributed by atoms with Crippen molar-refractivity contribution >= 4 is 17.3 Å². The van der Waals surface area contributed by atoms with Crippen LogP contribution in [-0.4, -0.2) is 16.9 Å². The molecule has 0 bridgehead atoms. The predicted octanol–water partition coefficient (Wildman–Crippen LogP) is 2.18. The second-order valence-corrected chi connectivity index (χ2v) is 5.81. The third-order valence-electron chi connectivity index (χ3n) is 3.33. The number of nitrogens with one attached hydrogen (secondary N) is 2. The molecule has 1 amide bonds. The average molecular weight is 298 g/mol. The molecule has 116 valence electrons. The molecule has 1 aromatic rings. The summed E-state index contributed by atoms with van der Waals surface area (Å²) < 4.78 is 13.5. The fourth-order valence-electron chi connectivity index (χ4n) is 1.50. The lowest BCUT2D eigenvalue weighted by atomic mass is 9.88. The summed E-state index contributed by atoms with van der Waals surface area (Å²) in [6.07, 6.45) is 0. The lowest BCUT2D eigenvalue weighted by Crippen LogP contribution is -2.41. The second kappa shape index (κ2) is 6.04.